The highest BCUT2D eigenvalue weighted by molar-refractivity contribution is 6.13. The van der Waals surface area contributed by atoms with Crippen LogP contribution >= 0.6 is 0 Å². The fourth-order valence-electron chi connectivity index (χ4n) is 5.43. The third-order valence-electron chi connectivity index (χ3n) is 7.20. The second-order valence-corrected chi connectivity index (χ2v) is 9.60. The molecule has 5 heteroatoms. The summed E-state index contributed by atoms with van der Waals surface area (Å²) in [4.78, 5) is 36.3. The van der Waals surface area contributed by atoms with Gasteiger partial charge in [-0.25, -0.2) is 0 Å². The number of nitrogens with zero attached hydrogens (tertiary/aromatic N) is 3. The van der Waals surface area contributed by atoms with Crippen LogP contribution in [0.4, 0.5) is 17.1 Å². The molecule has 5 nitrogen and oxygen atoms in total. The number of aliphatic imine (C=N–C) groups is 1. The van der Waals surface area contributed by atoms with Gasteiger partial charge in [-0.1, -0.05) is 61.5 Å². The highest BCUT2D eigenvalue weighted by Gasteiger charge is 2.45. The Kier molecular flexibility index (Phi) is 6.25. The zero-order valence-corrected chi connectivity index (χ0v) is 20.5. The van der Waals surface area contributed by atoms with Crippen LogP contribution in [-0.4, -0.2) is 31.5 Å². The maximum absolute atomic E-state index is 13.9. The quantitative estimate of drug-likeness (QED) is 0.469. The molecule has 1 aliphatic carbocycles. The van der Waals surface area contributed by atoms with E-state index in [1.807, 2.05) is 73.3 Å². The molecule has 0 radical (unpaired) electrons. The van der Waals surface area contributed by atoms with Crippen LogP contribution in [-0.2, 0) is 9.59 Å². The molecular formula is C30H31N3O2. The Morgan fingerprint density at radius 3 is 2.29 bits per heavy atom. The molecule has 0 bridgehead atoms. The van der Waals surface area contributed by atoms with Gasteiger partial charge in [0.05, 0.1) is 23.3 Å². The minimum absolute atomic E-state index is 0.00595. The number of hydrogen-bond donors (Lipinski definition) is 0. The molecule has 1 saturated carbocycles. The average Bonchev–Trinajstić information content (AvgIpc) is 3.03. The molecule has 0 spiro atoms. The summed E-state index contributed by atoms with van der Waals surface area (Å²) in [6, 6.07) is 25.8. The van der Waals surface area contributed by atoms with E-state index in [9.17, 15) is 9.59 Å². The largest absolute Gasteiger partial charge is 0.378 e. The lowest BCUT2D eigenvalue weighted by molar-refractivity contribution is -0.123. The molecule has 3 atom stereocenters. The Morgan fingerprint density at radius 2 is 1.60 bits per heavy atom. The molecule has 1 fully saturated rings. The molecule has 0 aromatic heterocycles. The third kappa shape index (κ3) is 4.27. The number of Topliss-reactive ketones (excluding diaryl/α,β-unsaturated/α-hetero) is 1. The van der Waals surface area contributed by atoms with Gasteiger partial charge in [0.15, 0.2) is 0 Å². The lowest BCUT2D eigenvalue weighted by atomic mass is 9.72. The molecule has 35 heavy (non-hydrogen) atoms. The lowest BCUT2D eigenvalue weighted by Crippen LogP contribution is -2.45. The SMILES string of the molecule is CCC(=O)N1c2ccccc2N=C2CC(c3ccccc3)CC(=O)C2C1c1ccc(N(C)C)cc1. The number of fused-ring (bicyclic) bond motifs is 2. The number of carbonyl (C=O) groups excluding carboxylic acids is 2. The summed E-state index contributed by atoms with van der Waals surface area (Å²) in [5.41, 5.74) is 5.58. The van der Waals surface area contributed by atoms with E-state index in [-0.39, 0.29) is 17.6 Å². The van der Waals surface area contributed by atoms with Crippen molar-refractivity contribution in [3.05, 3.63) is 90.0 Å². The first-order chi connectivity index (χ1) is 17.0. The first-order valence-corrected chi connectivity index (χ1v) is 12.3. The summed E-state index contributed by atoms with van der Waals surface area (Å²) in [7, 11) is 4.01. The number of benzene rings is 3. The van der Waals surface area contributed by atoms with Crippen LogP contribution in [0.2, 0.25) is 0 Å². The summed E-state index contributed by atoms with van der Waals surface area (Å²) in [6.07, 6.45) is 1.50. The first kappa shape index (κ1) is 23.0. The van der Waals surface area contributed by atoms with Crippen molar-refractivity contribution in [2.75, 3.05) is 23.9 Å². The number of hydrogen-bond acceptors (Lipinski definition) is 4. The van der Waals surface area contributed by atoms with Crippen LogP contribution in [0.5, 0.6) is 0 Å². The monoisotopic (exact) mass is 465 g/mol. The molecule has 1 aliphatic heterocycles. The Bertz CT molecular complexity index is 1260. The van der Waals surface area contributed by atoms with Crippen LogP contribution in [0, 0.1) is 5.92 Å². The van der Waals surface area contributed by atoms with Gasteiger partial charge in [-0.05, 0) is 47.7 Å². The topological polar surface area (TPSA) is 53.0 Å². The van der Waals surface area contributed by atoms with Crippen molar-refractivity contribution in [2.45, 2.75) is 38.1 Å². The van der Waals surface area contributed by atoms with Gasteiger partial charge in [0.25, 0.3) is 0 Å². The number of para-hydroxylation sites is 2. The van der Waals surface area contributed by atoms with Crippen molar-refractivity contribution in [2.24, 2.45) is 10.9 Å². The van der Waals surface area contributed by atoms with Gasteiger partial charge < -0.3 is 9.80 Å². The van der Waals surface area contributed by atoms with E-state index in [4.69, 9.17) is 4.99 Å². The van der Waals surface area contributed by atoms with E-state index in [0.717, 1.165) is 33.9 Å². The van der Waals surface area contributed by atoms with Crippen molar-refractivity contribution >= 4 is 34.5 Å². The number of anilines is 2. The zero-order chi connectivity index (χ0) is 24.5. The van der Waals surface area contributed by atoms with Crippen LogP contribution in [0.25, 0.3) is 0 Å². The average molecular weight is 466 g/mol. The number of rotatable bonds is 4. The van der Waals surface area contributed by atoms with Gasteiger partial charge in [0, 0.05) is 38.3 Å². The number of ketones is 1. The minimum atomic E-state index is -0.469. The molecule has 3 aromatic rings. The van der Waals surface area contributed by atoms with Gasteiger partial charge in [0.2, 0.25) is 5.91 Å². The predicted molar refractivity (Wildman–Crippen MR) is 142 cm³/mol. The van der Waals surface area contributed by atoms with E-state index in [1.165, 1.54) is 0 Å². The van der Waals surface area contributed by atoms with E-state index in [2.05, 4.69) is 36.4 Å². The highest BCUT2D eigenvalue weighted by atomic mass is 16.2. The molecule has 5 rings (SSSR count). The summed E-state index contributed by atoms with van der Waals surface area (Å²) in [5, 5.41) is 0. The maximum Gasteiger partial charge on any atom is 0.227 e. The standard InChI is InChI=1S/C30H31N3O2/c1-4-28(35)33-26-13-9-8-12-24(26)31-25-18-22(20-10-6-5-7-11-20)19-27(34)29(25)30(33)21-14-16-23(17-15-21)32(2)3/h5-17,22,29-30H,4,18-19H2,1-3H3. The Labute approximate surface area is 207 Å². The number of amides is 1. The highest BCUT2D eigenvalue weighted by Crippen LogP contribution is 2.47. The second-order valence-electron chi connectivity index (χ2n) is 9.60. The molecule has 3 aromatic carbocycles. The van der Waals surface area contributed by atoms with Gasteiger partial charge in [-0.3, -0.25) is 14.6 Å². The molecule has 1 heterocycles. The summed E-state index contributed by atoms with van der Waals surface area (Å²) >= 11 is 0. The van der Waals surface area contributed by atoms with Crippen molar-refractivity contribution in [1.82, 2.24) is 0 Å². The van der Waals surface area contributed by atoms with Crippen LogP contribution in [0.1, 0.15) is 49.3 Å². The summed E-state index contributed by atoms with van der Waals surface area (Å²) in [5.74, 6) is -0.236. The first-order valence-electron chi connectivity index (χ1n) is 12.3. The van der Waals surface area contributed by atoms with Gasteiger partial charge >= 0.3 is 0 Å². The van der Waals surface area contributed by atoms with Crippen LogP contribution in [0.3, 0.4) is 0 Å². The number of carbonyl (C=O) groups is 2. The van der Waals surface area contributed by atoms with Crippen LogP contribution in [0.15, 0.2) is 83.9 Å². The Balaban J connectivity index is 1.67. The molecule has 2 aliphatic rings. The fraction of sp³-hybridized carbons (Fsp3) is 0.300. The van der Waals surface area contributed by atoms with Crippen molar-refractivity contribution in [1.29, 1.82) is 0 Å². The van der Waals surface area contributed by atoms with Gasteiger partial charge in [-0.15, -0.1) is 0 Å². The normalized spacial score (nSPS) is 21.5. The van der Waals surface area contributed by atoms with E-state index in [1.54, 1.807) is 0 Å². The predicted octanol–water partition coefficient (Wildman–Crippen LogP) is 6.09. The molecule has 0 N–H and O–H groups in total. The smallest absolute Gasteiger partial charge is 0.227 e. The van der Waals surface area contributed by atoms with Crippen molar-refractivity contribution in [3.63, 3.8) is 0 Å². The van der Waals surface area contributed by atoms with Gasteiger partial charge in [-0.2, -0.15) is 0 Å². The Hall–Kier alpha value is -3.73. The summed E-state index contributed by atoms with van der Waals surface area (Å²) < 4.78 is 0. The summed E-state index contributed by atoms with van der Waals surface area (Å²) in [6.45, 7) is 1.87. The maximum atomic E-state index is 13.9. The Morgan fingerprint density at radius 1 is 0.914 bits per heavy atom. The third-order valence-corrected chi connectivity index (χ3v) is 7.20. The van der Waals surface area contributed by atoms with E-state index < -0.39 is 12.0 Å². The van der Waals surface area contributed by atoms with Crippen molar-refractivity contribution in [3.8, 4) is 0 Å². The van der Waals surface area contributed by atoms with Crippen LogP contribution < -0.4 is 9.80 Å². The molecule has 178 valence electrons. The second kappa shape index (κ2) is 9.49. The molecule has 0 saturated heterocycles. The molecule has 1 amide bonds. The van der Waals surface area contributed by atoms with Crippen molar-refractivity contribution < 1.29 is 9.59 Å². The van der Waals surface area contributed by atoms with E-state index >= 15 is 0 Å². The van der Waals surface area contributed by atoms with E-state index in [0.29, 0.717) is 19.3 Å². The van der Waals surface area contributed by atoms with Gasteiger partial charge in [0.1, 0.15) is 5.78 Å². The zero-order valence-electron chi connectivity index (χ0n) is 20.5. The minimum Gasteiger partial charge on any atom is -0.378 e. The lowest BCUT2D eigenvalue weighted by Gasteiger charge is -2.39. The molecular weight excluding hydrogens is 434 g/mol. The fourth-order valence-corrected chi connectivity index (χ4v) is 5.43. The molecule has 3 unspecified atom stereocenters.